The SMILES string of the molecule is COc1ccc(C(=O)NC(=Nc2ccccc2OC)N2CCN(Cc3cccc(F)c3)CC2)cc1. The molecule has 0 bridgehead atoms. The van der Waals surface area contributed by atoms with Crippen molar-refractivity contribution in [1.82, 2.24) is 15.1 Å². The van der Waals surface area contributed by atoms with E-state index in [1.165, 1.54) is 6.07 Å². The molecule has 182 valence electrons. The highest BCUT2D eigenvalue weighted by Gasteiger charge is 2.22. The van der Waals surface area contributed by atoms with Crippen molar-refractivity contribution in [3.8, 4) is 11.5 Å². The van der Waals surface area contributed by atoms with E-state index >= 15 is 0 Å². The normalized spacial score (nSPS) is 14.5. The fourth-order valence-corrected chi connectivity index (χ4v) is 3.94. The van der Waals surface area contributed by atoms with Gasteiger partial charge in [0, 0.05) is 38.3 Å². The standard InChI is InChI=1S/C27H29FN4O3/c1-34-23-12-10-21(11-13-23)26(33)30-27(29-24-8-3-4-9-25(24)35-2)32-16-14-31(15-17-32)19-20-6-5-7-22(28)18-20/h3-13,18H,14-17,19H2,1-2H3,(H,29,30,33). The molecule has 0 saturated carbocycles. The monoisotopic (exact) mass is 476 g/mol. The summed E-state index contributed by atoms with van der Waals surface area (Å²) in [5.74, 6) is 1.27. The maximum Gasteiger partial charge on any atom is 0.257 e. The van der Waals surface area contributed by atoms with Gasteiger partial charge in [0.15, 0.2) is 0 Å². The van der Waals surface area contributed by atoms with Crippen LogP contribution in [0.2, 0.25) is 0 Å². The summed E-state index contributed by atoms with van der Waals surface area (Å²) < 4.78 is 24.2. The number of hydrogen-bond donors (Lipinski definition) is 1. The van der Waals surface area contributed by atoms with E-state index in [0.717, 1.165) is 18.7 Å². The average molecular weight is 477 g/mol. The Labute approximate surface area is 204 Å². The van der Waals surface area contributed by atoms with Crippen molar-refractivity contribution in [2.75, 3.05) is 40.4 Å². The van der Waals surface area contributed by atoms with Gasteiger partial charge >= 0.3 is 0 Å². The van der Waals surface area contributed by atoms with Crippen molar-refractivity contribution in [3.05, 3.63) is 89.7 Å². The van der Waals surface area contributed by atoms with Crippen molar-refractivity contribution in [2.45, 2.75) is 6.54 Å². The molecule has 1 saturated heterocycles. The van der Waals surface area contributed by atoms with E-state index in [9.17, 15) is 9.18 Å². The van der Waals surface area contributed by atoms with Crippen molar-refractivity contribution in [2.24, 2.45) is 4.99 Å². The van der Waals surface area contributed by atoms with Crippen molar-refractivity contribution >= 4 is 17.6 Å². The quantitative estimate of drug-likeness (QED) is 0.429. The smallest absolute Gasteiger partial charge is 0.257 e. The van der Waals surface area contributed by atoms with Crippen LogP contribution in [0, 0.1) is 5.82 Å². The molecule has 0 spiro atoms. The second-order valence-electron chi connectivity index (χ2n) is 8.18. The summed E-state index contributed by atoms with van der Waals surface area (Å²) in [4.78, 5) is 22.1. The highest BCUT2D eigenvalue weighted by molar-refractivity contribution is 6.06. The lowest BCUT2D eigenvalue weighted by atomic mass is 10.2. The molecule has 4 rings (SSSR count). The Hall–Kier alpha value is -3.91. The van der Waals surface area contributed by atoms with E-state index in [4.69, 9.17) is 14.5 Å². The van der Waals surface area contributed by atoms with Crippen LogP contribution in [-0.4, -0.2) is 62.1 Å². The van der Waals surface area contributed by atoms with E-state index in [1.807, 2.05) is 30.3 Å². The first kappa shape index (κ1) is 24.2. The third-order valence-electron chi connectivity index (χ3n) is 5.86. The lowest BCUT2D eigenvalue weighted by Gasteiger charge is -2.36. The molecular formula is C27H29FN4O3. The summed E-state index contributed by atoms with van der Waals surface area (Å²) >= 11 is 0. The number of benzene rings is 3. The second kappa shape index (κ2) is 11.5. The van der Waals surface area contributed by atoms with Gasteiger partial charge in [-0.1, -0.05) is 24.3 Å². The zero-order chi connectivity index (χ0) is 24.6. The first-order valence-electron chi connectivity index (χ1n) is 11.4. The predicted octanol–water partition coefficient (Wildman–Crippen LogP) is 4.08. The van der Waals surface area contributed by atoms with Crippen LogP contribution in [0.5, 0.6) is 11.5 Å². The zero-order valence-electron chi connectivity index (χ0n) is 19.9. The predicted molar refractivity (Wildman–Crippen MR) is 134 cm³/mol. The first-order chi connectivity index (χ1) is 17.1. The minimum Gasteiger partial charge on any atom is -0.497 e. The summed E-state index contributed by atoms with van der Waals surface area (Å²) in [6.07, 6.45) is 0. The second-order valence-corrected chi connectivity index (χ2v) is 8.18. The van der Waals surface area contributed by atoms with E-state index in [1.54, 1.807) is 50.6 Å². The van der Waals surface area contributed by atoms with Gasteiger partial charge in [0.25, 0.3) is 5.91 Å². The summed E-state index contributed by atoms with van der Waals surface area (Å²) in [6, 6.07) is 21.0. The molecule has 3 aromatic rings. The number of hydrogen-bond acceptors (Lipinski definition) is 5. The summed E-state index contributed by atoms with van der Waals surface area (Å²) in [5, 5.41) is 2.98. The molecule has 1 heterocycles. The number of nitrogens with one attached hydrogen (secondary N) is 1. The Bertz CT molecular complexity index is 1180. The number of nitrogens with zero attached hydrogens (tertiary/aromatic N) is 3. The van der Waals surface area contributed by atoms with Crippen LogP contribution in [0.1, 0.15) is 15.9 Å². The van der Waals surface area contributed by atoms with Crippen molar-refractivity contribution in [3.63, 3.8) is 0 Å². The lowest BCUT2D eigenvalue weighted by Crippen LogP contribution is -2.53. The lowest BCUT2D eigenvalue weighted by molar-refractivity contribution is 0.0967. The Morgan fingerprint density at radius 3 is 2.37 bits per heavy atom. The van der Waals surface area contributed by atoms with Gasteiger partial charge in [-0.05, 0) is 54.1 Å². The van der Waals surface area contributed by atoms with Crippen LogP contribution in [0.25, 0.3) is 0 Å². The number of ether oxygens (including phenoxy) is 2. The molecule has 0 aromatic heterocycles. The molecule has 1 aliphatic rings. The van der Waals surface area contributed by atoms with Crippen LogP contribution in [0.4, 0.5) is 10.1 Å². The van der Waals surface area contributed by atoms with E-state index in [-0.39, 0.29) is 11.7 Å². The van der Waals surface area contributed by atoms with Gasteiger partial charge in [-0.3, -0.25) is 15.0 Å². The number of halogens is 1. The van der Waals surface area contributed by atoms with Gasteiger partial charge < -0.3 is 14.4 Å². The summed E-state index contributed by atoms with van der Waals surface area (Å²) in [7, 11) is 3.18. The molecule has 35 heavy (non-hydrogen) atoms. The maximum absolute atomic E-state index is 13.6. The third kappa shape index (κ3) is 6.36. The van der Waals surface area contributed by atoms with Crippen LogP contribution in [0.3, 0.4) is 0 Å². The summed E-state index contributed by atoms with van der Waals surface area (Å²) in [5.41, 5.74) is 2.07. The van der Waals surface area contributed by atoms with Crippen LogP contribution >= 0.6 is 0 Å². The topological polar surface area (TPSA) is 66.4 Å². The molecule has 1 N–H and O–H groups in total. The number of para-hydroxylation sites is 2. The highest BCUT2D eigenvalue weighted by atomic mass is 19.1. The number of guanidine groups is 1. The number of piperazine rings is 1. The van der Waals surface area contributed by atoms with Crippen LogP contribution in [-0.2, 0) is 6.54 Å². The molecule has 8 heteroatoms. The minimum absolute atomic E-state index is 0.228. The Balaban J connectivity index is 1.51. The van der Waals surface area contributed by atoms with Crippen molar-refractivity contribution in [1.29, 1.82) is 0 Å². The summed E-state index contributed by atoms with van der Waals surface area (Å²) in [6.45, 7) is 3.49. The molecule has 0 radical (unpaired) electrons. The Morgan fingerprint density at radius 1 is 0.943 bits per heavy atom. The minimum atomic E-state index is -0.261. The fourth-order valence-electron chi connectivity index (χ4n) is 3.94. The van der Waals surface area contributed by atoms with Gasteiger partial charge in [-0.2, -0.15) is 0 Å². The maximum atomic E-state index is 13.6. The first-order valence-corrected chi connectivity index (χ1v) is 11.4. The highest BCUT2D eigenvalue weighted by Crippen LogP contribution is 2.27. The number of rotatable bonds is 6. The van der Waals surface area contributed by atoms with E-state index in [2.05, 4.69) is 15.1 Å². The number of amides is 1. The van der Waals surface area contributed by atoms with Gasteiger partial charge in [0.05, 0.1) is 14.2 Å². The fraction of sp³-hybridized carbons (Fsp3) is 0.259. The molecule has 1 amide bonds. The number of aliphatic imine (C=N–C) groups is 1. The Kier molecular flexibility index (Phi) is 7.95. The van der Waals surface area contributed by atoms with E-state index < -0.39 is 0 Å². The van der Waals surface area contributed by atoms with Gasteiger partial charge in [0.2, 0.25) is 5.96 Å². The van der Waals surface area contributed by atoms with Crippen LogP contribution in [0.15, 0.2) is 77.8 Å². The molecule has 0 aliphatic carbocycles. The molecule has 7 nitrogen and oxygen atoms in total. The number of carbonyl (C=O) groups is 1. The molecule has 0 unspecified atom stereocenters. The average Bonchev–Trinajstić information content (AvgIpc) is 2.89. The van der Waals surface area contributed by atoms with Gasteiger partial charge in [-0.25, -0.2) is 9.38 Å². The number of methoxy groups -OCH3 is 2. The largest absolute Gasteiger partial charge is 0.497 e. The van der Waals surface area contributed by atoms with E-state index in [0.29, 0.717) is 48.3 Å². The van der Waals surface area contributed by atoms with Crippen LogP contribution < -0.4 is 14.8 Å². The van der Waals surface area contributed by atoms with Gasteiger partial charge in [0.1, 0.15) is 23.0 Å². The molecule has 3 aromatic carbocycles. The third-order valence-corrected chi connectivity index (χ3v) is 5.86. The van der Waals surface area contributed by atoms with Crippen molar-refractivity contribution < 1.29 is 18.7 Å². The zero-order valence-corrected chi connectivity index (χ0v) is 19.9. The number of carbonyl (C=O) groups excluding carboxylic acids is 1. The molecule has 1 aliphatic heterocycles. The Morgan fingerprint density at radius 2 is 1.69 bits per heavy atom. The van der Waals surface area contributed by atoms with Gasteiger partial charge in [-0.15, -0.1) is 0 Å². The molecular weight excluding hydrogens is 447 g/mol. The molecule has 1 fully saturated rings. The molecule has 0 atom stereocenters.